The first kappa shape index (κ1) is 17.2. The third-order valence-electron chi connectivity index (χ3n) is 3.30. The van der Waals surface area contributed by atoms with Gasteiger partial charge in [-0.2, -0.15) is 0 Å². The second-order valence-electron chi connectivity index (χ2n) is 4.92. The number of thiazole rings is 1. The highest BCUT2D eigenvalue weighted by Crippen LogP contribution is 2.61. The van der Waals surface area contributed by atoms with E-state index in [1.165, 1.54) is 17.6 Å². The Hall–Kier alpha value is -1.66. The lowest BCUT2D eigenvalue weighted by atomic mass is 10.3. The molecule has 0 saturated heterocycles. The summed E-state index contributed by atoms with van der Waals surface area (Å²) in [6.07, 6.45) is 1.53. The summed E-state index contributed by atoms with van der Waals surface area (Å²) in [5, 5.41) is 3.82. The molecule has 1 atom stereocenters. The molecule has 0 bridgehead atoms. The number of fused-ring (bicyclic) bond motifs is 1. The Morgan fingerprint density at radius 3 is 2.58 bits per heavy atom. The number of furan rings is 1. The van der Waals surface area contributed by atoms with Crippen molar-refractivity contribution in [3.8, 4) is 0 Å². The molecule has 1 N–H and O–H groups in total. The molecule has 24 heavy (non-hydrogen) atoms. The Labute approximate surface area is 144 Å². The van der Waals surface area contributed by atoms with Crippen LogP contribution in [0.25, 0.3) is 10.2 Å². The first-order valence-electron chi connectivity index (χ1n) is 7.70. The molecule has 1 aromatic carbocycles. The minimum atomic E-state index is -3.47. The number of hydrogen-bond donors (Lipinski definition) is 1. The summed E-state index contributed by atoms with van der Waals surface area (Å²) in [5.41, 5.74) is 0.880. The van der Waals surface area contributed by atoms with Gasteiger partial charge in [0.15, 0.2) is 10.9 Å². The zero-order chi connectivity index (χ0) is 17.0. The summed E-state index contributed by atoms with van der Waals surface area (Å²) in [6.45, 7) is 4.11. The SMILES string of the molecule is CCOP(=O)(OCC)[C@H](Nc1nc2ccccc2s1)c1ccco1. The fourth-order valence-electron chi connectivity index (χ4n) is 2.35. The van der Waals surface area contributed by atoms with Crippen molar-refractivity contribution in [3.63, 3.8) is 0 Å². The van der Waals surface area contributed by atoms with Gasteiger partial charge in [-0.05, 0) is 38.1 Å². The summed E-state index contributed by atoms with van der Waals surface area (Å²) in [5.74, 6) is -0.271. The summed E-state index contributed by atoms with van der Waals surface area (Å²) >= 11 is 1.48. The molecule has 0 amide bonds. The molecular formula is C16H19N2O4PS. The predicted molar refractivity (Wildman–Crippen MR) is 95.6 cm³/mol. The van der Waals surface area contributed by atoms with Gasteiger partial charge in [-0.15, -0.1) is 0 Å². The lowest BCUT2D eigenvalue weighted by Gasteiger charge is -2.25. The van der Waals surface area contributed by atoms with E-state index in [0.717, 1.165) is 10.2 Å². The summed E-state index contributed by atoms with van der Waals surface area (Å²) in [7, 11) is -3.47. The van der Waals surface area contributed by atoms with Gasteiger partial charge < -0.3 is 18.8 Å². The molecule has 0 spiro atoms. The Balaban J connectivity index is 1.97. The standard InChI is InChI=1S/C16H19N2O4PS/c1-3-21-23(19,22-4-2)15(13-9-7-11-20-13)18-16-17-12-8-5-6-10-14(12)24-16/h5-11,15H,3-4H2,1-2H3,(H,17,18)/t15-/m0/s1. The van der Waals surface area contributed by atoms with E-state index in [0.29, 0.717) is 10.9 Å². The lowest BCUT2D eigenvalue weighted by Crippen LogP contribution is -2.14. The van der Waals surface area contributed by atoms with E-state index in [-0.39, 0.29) is 13.2 Å². The van der Waals surface area contributed by atoms with Gasteiger partial charge >= 0.3 is 7.60 Å². The minimum absolute atomic E-state index is 0.274. The summed E-state index contributed by atoms with van der Waals surface area (Å²) < 4.78 is 30.7. The molecule has 3 aromatic rings. The third-order valence-corrected chi connectivity index (χ3v) is 6.52. The van der Waals surface area contributed by atoms with Crippen molar-refractivity contribution in [2.24, 2.45) is 0 Å². The monoisotopic (exact) mass is 366 g/mol. The van der Waals surface area contributed by atoms with Gasteiger partial charge in [-0.25, -0.2) is 4.98 Å². The molecule has 0 aliphatic carbocycles. The van der Waals surface area contributed by atoms with Crippen LogP contribution in [0.3, 0.4) is 0 Å². The van der Waals surface area contributed by atoms with Crippen LogP contribution in [0.2, 0.25) is 0 Å². The van der Waals surface area contributed by atoms with Crippen molar-refractivity contribution in [3.05, 3.63) is 48.4 Å². The van der Waals surface area contributed by atoms with Gasteiger partial charge in [-0.1, -0.05) is 23.5 Å². The molecule has 0 aliphatic heterocycles. The number of aromatic nitrogens is 1. The van der Waals surface area contributed by atoms with Crippen molar-refractivity contribution in [2.75, 3.05) is 18.5 Å². The Bertz CT molecular complexity index is 791. The number of nitrogens with one attached hydrogen (secondary N) is 1. The zero-order valence-corrected chi connectivity index (χ0v) is 15.2. The van der Waals surface area contributed by atoms with Crippen LogP contribution in [0.1, 0.15) is 25.4 Å². The largest absolute Gasteiger partial charge is 0.466 e. The molecule has 0 saturated carbocycles. The van der Waals surface area contributed by atoms with Gasteiger partial charge in [0.2, 0.25) is 0 Å². The molecule has 0 radical (unpaired) electrons. The van der Waals surface area contributed by atoms with E-state index in [2.05, 4.69) is 10.3 Å². The number of hydrogen-bond acceptors (Lipinski definition) is 7. The van der Waals surface area contributed by atoms with Crippen LogP contribution in [0.4, 0.5) is 5.13 Å². The van der Waals surface area contributed by atoms with Crippen molar-refractivity contribution in [1.82, 2.24) is 4.98 Å². The molecule has 8 heteroatoms. The highest BCUT2D eigenvalue weighted by Gasteiger charge is 2.39. The molecule has 128 valence electrons. The quantitative estimate of drug-likeness (QED) is 0.548. The van der Waals surface area contributed by atoms with Crippen molar-refractivity contribution in [1.29, 1.82) is 0 Å². The number of nitrogens with zero attached hydrogens (tertiary/aromatic N) is 1. The maximum absolute atomic E-state index is 13.2. The highest BCUT2D eigenvalue weighted by molar-refractivity contribution is 7.54. The van der Waals surface area contributed by atoms with Gasteiger partial charge in [0.05, 0.1) is 29.7 Å². The van der Waals surface area contributed by atoms with Crippen LogP contribution in [-0.2, 0) is 13.6 Å². The molecule has 0 unspecified atom stereocenters. The molecule has 2 aromatic heterocycles. The second-order valence-corrected chi connectivity index (χ2v) is 8.07. The first-order chi connectivity index (χ1) is 11.7. The molecular weight excluding hydrogens is 347 g/mol. The van der Waals surface area contributed by atoms with Gasteiger partial charge in [-0.3, -0.25) is 4.57 Å². The van der Waals surface area contributed by atoms with Crippen LogP contribution in [0.15, 0.2) is 47.1 Å². The minimum Gasteiger partial charge on any atom is -0.466 e. The average molecular weight is 366 g/mol. The van der Waals surface area contributed by atoms with Crippen LogP contribution in [0, 0.1) is 0 Å². The van der Waals surface area contributed by atoms with Crippen molar-refractivity contribution in [2.45, 2.75) is 19.6 Å². The van der Waals surface area contributed by atoms with Gasteiger partial charge in [0.25, 0.3) is 0 Å². The zero-order valence-electron chi connectivity index (χ0n) is 13.5. The van der Waals surface area contributed by atoms with Crippen LogP contribution in [-0.4, -0.2) is 18.2 Å². The van der Waals surface area contributed by atoms with E-state index in [4.69, 9.17) is 13.5 Å². The average Bonchev–Trinajstić information content (AvgIpc) is 3.22. The topological polar surface area (TPSA) is 73.6 Å². The summed E-state index contributed by atoms with van der Waals surface area (Å²) in [4.78, 5) is 4.53. The van der Waals surface area contributed by atoms with E-state index in [9.17, 15) is 4.57 Å². The fraction of sp³-hybridized carbons (Fsp3) is 0.312. The van der Waals surface area contributed by atoms with Crippen LogP contribution in [0.5, 0.6) is 0 Å². The number of benzene rings is 1. The lowest BCUT2D eigenvalue weighted by molar-refractivity contribution is 0.211. The van der Waals surface area contributed by atoms with E-state index in [1.807, 2.05) is 24.3 Å². The Morgan fingerprint density at radius 2 is 1.96 bits per heavy atom. The molecule has 3 rings (SSSR count). The predicted octanol–water partition coefficient (Wildman–Crippen LogP) is 5.27. The maximum atomic E-state index is 13.2. The molecule has 2 heterocycles. The third kappa shape index (κ3) is 3.54. The van der Waals surface area contributed by atoms with E-state index < -0.39 is 13.4 Å². The van der Waals surface area contributed by atoms with E-state index >= 15 is 0 Å². The van der Waals surface area contributed by atoms with Crippen molar-refractivity contribution < 1.29 is 18.0 Å². The van der Waals surface area contributed by atoms with Gasteiger partial charge in [0, 0.05) is 0 Å². The van der Waals surface area contributed by atoms with E-state index in [1.54, 1.807) is 26.0 Å². The first-order valence-corrected chi connectivity index (χ1v) is 10.1. The molecule has 6 nitrogen and oxygen atoms in total. The molecule has 0 aliphatic rings. The fourth-order valence-corrected chi connectivity index (χ4v) is 5.16. The second kappa shape index (κ2) is 7.49. The van der Waals surface area contributed by atoms with Crippen molar-refractivity contribution >= 4 is 34.3 Å². The number of anilines is 1. The number of rotatable bonds is 8. The smallest absolute Gasteiger partial charge is 0.360 e. The van der Waals surface area contributed by atoms with Gasteiger partial charge in [0.1, 0.15) is 5.76 Å². The maximum Gasteiger partial charge on any atom is 0.360 e. The Kier molecular flexibility index (Phi) is 5.36. The Morgan fingerprint density at radius 1 is 1.21 bits per heavy atom. The normalized spacial score (nSPS) is 13.2. The van der Waals surface area contributed by atoms with Crippen LogP contribution < -0.4 is 5.32 Å². The molecule has 0 fully saturated rings. The number of para-hydroxylation sites is 1. The highest BCUT2D eigenvalue weighted by atomic mass is 32.1. The summed E-state index contributed by atoms with van der Waals surface area (Å²) in [6, 6.07) is 11.3. The van der Waals surface area contributed by atoms with Crippen LogP contribution >= 0.6 is 18.9 Å².